The van der Waals surface area contributed by atoms with E-state index < -0.39 is 21.3 Å². The summed E-state index contributed by atoms with van der Waals surface area (Å²) in [5.41, 5.74) is 8.27. The minimum atomic E-state index is -3.33. The van der Waals surface area contributed by atoms with Gasteiger partial charge in [-0.2, -0.15) is 5.10 Å². The zero-order valence-electron chi connectivity index (χ0n) is 18.7. The number of fused-ring (bicyclic) bond motifs is 1. The topological polar surface area (TPSA) is 141 Å². The highest BCUT2D eigenvalue weighted by molar-refractivity contribution is 7.88. The molecule has 11 heteroatoms. The van der Waals surface area contributed by atoms with E-state index in [4.69, 9.17) is 10.5 Å². The van der Waals surface area contributed by atoms with E-state index in [1.807, 2.05) is 39.1 Å². The Morgan fingerprint density at radius 1 is 1.28 bits per heavy atom. The number of nitrogens with two attached hydrogens (primary N) is 1. The Morgan fingerprint density at radius 3 is 2.56 bits per heavy atom. The highest BCUT2D eigenvalue weighted by atomic mass is 32.2. The number of nitrogens with zero attached hydrogens (tertiary/aromatic N) is 3. The monoisotopic (exact) mass is 460 g/mol. The smallest absolute Gasteiger partial charge is 0.252 e. The van der Waals surface area contributed by atoms with Crippen LogP contribution in [0, 0.1) is 5.41 Å². The summed E-state index contributed by atoms with van der Waals surface area (Å²) in [6.45, 7) is 6.00. The highest BCUT2D eigenvalue weighted by Crippen LogP contribution is 2.31. The number of sulfonamides is 1. The fourth-order valence-electron chi connectivity index (χ4n) is 3.11. The van der Waals surface area contributed by atoms with Gasteiger partial charge < -0.3 is 15.8 Å². The van der Waals surface area contributed by atoms with Crippen LogP contribution in [0.3, 0.4) is 0 Å². The summed E-state index contributed by atoms with van der Waals surface area (Å²) in [5, 5.41) is 7.68. The van der Waals surface area contributed by atoms with Crippen molar-refractivity contribution < 1.29 is 17.9 Å². The van der Waals surface area contributed by atoms with E-state index >= 15 is 0 Å². The van der Waals surface area contributed by atoms with Crippen LogP contribution >= 0.6 is 0 Å². The number of carbonyl (C=O) groups is 1. The van der Waals surface area contributed by atoms with Crippen LogP contribution in [0.15, 0.2) is 36.8 Å². The first-order valence-corrected chi connectivity index (χ1v) is 11.8. The molecule has 0 unspecified atom stereocenters. The second-order valence-electron chi connectivity index (χ2n) is 8.39. The molecule has 3 aromatic rings. The van der Waals surface area contributed by atoms with Crippen LogP contribution in [0.2, 0.25) is 0 Å². The molecule has 0 aliphatic carbocycles. The first-order chi connectivity index (χ1) is 14.9. The molecule has 0 bridgehead atoms. The lowest BCUT2D eigenvalue weighted by Crippen LogP contribution is -2.43. The van der Waals surface area contributed by atoms with Crippen LogP contribution in [0.1, 0.15) is 31.1 Å². The molecule has 0 spiro atoms. The van der Waals surface area contributed by atoms with Crippen molar-refractivity contribution >= 4 is 27.1 Å². The van der Waals surface area contributed by atoms with Crippen LogP contribution in [-0.4, -0.2) is 54.9 Å². The van der Waals surface area contributed by atoms with Crippen molar-refractivity contribution in [1.82, 2.24) is 19.3 Å². The van der Waals surface area contributed by atoms with Crippen molar-refractivity contribution in [2.24, 2.45) is 11.1 Å². The van der Waals surface area contributed by atoms with Gasteiger partial charge in [-0.1, -0.05) is 13.8 Å². The molecule has 0 fully saturated rings. The van der Waals surface area contributed by atoms with Gasteiger partial charge in [-0.05, 0) is 24.5 Å². The van der Waals surface area contributed by atoms with Gasteiger partial charge in [0.2, 0.25) is 15.9 Å². The number of hydrogen-bond donors (Lipinski definition) is 3. The largest absolute Gasteiger partial charge is 0.481 e. The molecule has 0 aromatic carbocycles. The molecule has 1 atom stereocenters. The van der Waals surface area contributed by atoms with Crippen molar-refractivity contribution in [2.45, 2.75) is 26.8 Å². The molecule has 32 heavy (non-hydrogen) atoms. The molecular formula is C21H28N6O4S. The summed E-state index contributed by atoms with van der Waals surface area (Å²) < 4.78 is 32.4. The van der Waals surface area contributed by atoms with Crippen molar-refractivity contribution in [3.05, 3.63) is 42.4 Å². The van der Waals surface area contributed by atoms with E-state index in [2.05, 4.69) is 20.1 Å². The minimum Gasteiger partial charge on any atom is -0.481 e. The Kier molecular flexibility index (Phi) is 6.42. The van der Waals surface area contributed by atoms with E-state index in [0.29, 0.717) is 17.1 Å². The van der Waals surface area contributed by atoms with E-state index in [9.17, 15) is 13.2 Å². The Morgan fingerprint density at radius 2 is 2.00 bits per heavy atom. The zero-order chi connectivity index (χ0) is 23.7. The third kappa shape index (κ3) is 5.17. The molecule has 3 rings (SSSR count). The minimum absolute atomic E-state index is 0.219. The molecule has 0 saturated carbocycles. The zero-order valence-corrected chi connectivity index (χ0v) is 19.5. The Hall–Kier alpha value is -3.18. The van der Waals surface area contributed by atoms with Crippen LogP contribution in [0.5, 0.6) is 5.88 Å². The van der Waals surface area contributed by atoms with Gasteiger partial charge >= 0.3 is 0 Å². The molecule has 0 aliphatic rings. The lowest BCUT2D eigenvalue weighted by atomic mass is 9.85. The molecule has 4 N–H and O–H groups in total. The number of nitrogens with one attached hydrogen (secondary N) is 2. The standard InChI is InChI=1S/C21H28N6O4S/c1-13(21(2,3)12-25-32(5,29)30)26-19-16(20(22)28)10-24-27-11-15(8-17(19)27)14-6-7-18(31-4)23-9-14/h6-11,13,25-26H,12H2,1-5H3,(H2,22,28)/t13-/m1/s1. The van der Waals surface area contributed by atoms with Gasteiger partial charge in [-0.15, -0.1) is 0 Å². The van der Waals surface area contributed by atoms with Crippen molar-refractivity contribution in [3.63, 3.8) is 0 Å². The molecule has 0 saturated heterocycles. The quantitative estimate of drug-likeness (QED) is 0.443. The van der Waals surface area contributed by atoms with E-state index in [1.165, 1.54) is 6.20 Å². The molecule has 172 valence electrons. The predicted octanol–water partition coefficient (Wildman–Crippen LogP) is 1.88. The number of methoxy groups -OCH3 is 1. The van der Waals surface area contributed by atoms with Crippen LogP contribution < -0.4 is 20.5 Å². The lowest BCUT2D eigenvalue weighted by Gasteiger charge is -2.33. The van der Waals surface area contributed by atoms with Crippen molar-refractivity contribution in [3.8, 4) is 17.0 Å². The number of aromatic nitrogens is 3. The summed E-state index contributed by atoms with van der Waals surface area (Å²) in [6, 6.07) is 5.31. The Balaban J connectivity index is 2.00. The lowest BCUT2D eigenvalue weighted by molar-refractivity contribution is 0.100. The molecular weight excluding hydrogens is 432 g/mol. The number of rotatable bonds is 9. The number of amides is 1. The summed E-state index contributed by atoms with van der Waals surface area (Å²) in [7, 11) is -1.78. The van der Waals surface area contributed by atoms with E-state index in [1.54, 1.807) is 23.9 Å². The van der Waals surface area contributed by atoms with Crippen LogP contribution in [0.4, 0.5) is 5.69 Å². The normalized spacial score (nSPS) is 13.2. The summed E-state index contributed by atoms with van der Waals surface area (Å²) >= 11 is 0. The number of ether oxygens (including phenoxy) is 1. The number of anilines is 1. The predicted molar refractivity (Wildman–Crippen MR) is 123 cm³/mol. The molecule has 3 aromatic heterocycles. The van der Waals surface area contributed by atoms with Gasteiger partial charge in [-0.3, -0.25) is 4.79 Å². The van der Waals surface area contributed by atoms with Gasteiger partial charge in [0.25, 0.3) is 5.91 Å². The molecule has 0 aliphatic heterocycles. The number of primary amides is 1. The summed E-state index contributed by atoms with van der Waals surface area (Å²) in [5.74, 6) is -0.108. The molecule has 1 amide bonds. The SMILES string of the molecule is COc1ccc(-c2cc3c(N[C@H](C)C(C)(C)CNS(C)(=O)=O)c(C(N)=O)cnn3c2)cn1. The molecule has 0 radical (unpaired) electrons. The maximum absolute atomic E-state index is 12.1. The average molecular weight is 461 g/mol. The third-order valence-electron chi connectivity index (χ3n) is 5.50. The maximum Gasteiger partial charge on any atom is 0.252 e. The number of pyridine rings is 1. The summed E-state index contributed by atoms with van der Waals surface area (Å²) in [4.78, 5) is 16.4. The third-order valence-corrected chi connectivity index (χ3v) is 6.17. The maximum atomic E-state index is 12.1. The second-order valence-corrected chi connectivity index (χ2v) is 10.2. The van der Waals surface area contributed by atoms with Crippen LogP contribution in [-0.2, 0) is 10.0 Å². The fraction of sp³-hybridized carbons (Fsp3) is 0.381. The first-order valence-electron chi connectivity index (χ1n) is 9.94. The van der Waals surface area contributed by atoms with Gasteiger partial charge in [0, 0.05) is 42.2 Å². The second kappa shape index (κ2) is 8.75. The Bertz CT molecular complexity index is 1240. The number of carbonyl (C=O) groups excluding carboxylic acids is 1. The van der Waals surface area contributed by atoms with E-state index in [0.717, 1.165) is 17.4 Å². The Labute approximate surface area is 187 Å². The summed E-state index contributed by atoms with van der Waals surface area (Å²) in [6.07, 6.45) is 6.06. The van der Waals surface area contributed by atoms with Crippen LogP contribution in [0.25, 0.3) is 16.6 Å². The van der Waals surface area contributed by atoms with Crippen molar-refractivity contribution in [1.29, 1.82) is 0 Å². The number of hydrogen-bond acceptors (Lipinski definition) is 7. The van der Waals surface area contributed by atoms with E-state index in [-0.39, 0.29) is 18.2 Å². The highest BCUT2D eigenvalue weighted by Gasteiger charge is 2.29. The van der Waals surface area contributed by atoms with Gasteiger partial charge in [0.05, 0.1) is 36.3 Å². The molecule has 10 nitrogen and oxygen atoms in total. The first kappa shape index (κ1) is 23.5. The van der Waals surface area contributed by atoms with Crippen molar-refractivity contribution in [2.75, 3.05) is 25.2 Å². The van der Waals surface area contributed by atoms with Gasteiger partial charge in [-0.25, -0.2) is 22.6 Å². The van der Waals surface area contributed by atoms with Gasteiger partial charge in [0.15, 0.2) is 0 Å². The fourth-order valence-corrected chi connectivity index (χ4v) is 3.74. The molecule has 3 heterocycles. The average Bonchev–Trinajstić information content (AvgIpc) is 3.16. The van der Waals surface area contributed by atoms with Gasteiger partial charge in [0.1, 0.15) is 0 Å².